The molecule has 0 aliphatic carbocycles. The quantitative estimate of drug-likeness (QED) is 0.461. The van der Waals surface area contributed by atoms with E-state index in [0.29, 0.717) is 6.54 Å². The maximum absolute atomic E-state index is 9.92. The van der Waals surface area contributed by atoms with Gasteiger partial charge in [0.1, 0.15) is 0 Å². The van der Waals surface area contributed by atoms with Crippen LogP contribution in [0.2, 0.25) is 0 Å². The fourth-order valence-corrected chi connectivity index (χ4v) is 0.579. The van der Waals surface area contributed by atoms with Crippen molar-refractivity contribution in [3.8, 4) is 0 Å². The standard InChI is InChI=1S/C3H6N6O2/c1-2-8-3(4-6-7-8)5-9(10)11/h2H2,1H3,(H,4,5,7). The van der Waals surface area contributed by atoms with Gasteiger partial charge in [-0.15, -0.1) is 0 Å². The highest BCUT2D eigenvalue weighted by atomic mass is 16.7. The van der Waals surface area contributed by atoms with Gasteiger partial charge in [0.05, 0.1) is 0 Å². The minimum absolute atomic E-state index is 0.0394. The Morgan fingerprint density at radius 3 is 3.09 bits per heavy atom. The molecule has 1 heterocycles. The molecule has 0 saturated heterocycles. The minimum Gasteiger partial charge on any atom is -0.234 e. The highest BCUT2D eigenvalue weighted by Crippen LogP contribution is 1.96. The summed E-state index contributed by atoms with van der Waals surface area (Å²) in [5.74, 6) is 0.0394. The maximum Gasteiger partial charge on any atom is 0.303 e. The van der Waals surface area contributed by atoms with Crippen LogP contribution in [0.5, 0.6) is 0 Å². The number of aryl methyl sites for hydroxylation is 1. The third-order valence-corrected chi connectivity index (χ3v) is 1.02. The average molecular weight is 158 g/mol. The third kappa shape index (κ3) is 1.60. The van der Waals surface area contributed by atoms with E-state index in [1.54, 1.807) is 6.92 Å². The molecular formula is C3H6N6O2. The normalized spacial score (nSPS) is 9.55. The van der Waals surface area contributed by atoms with E-state index in [4.69, 9.17) is 0 Å². The van der Waals surface area contributed by atoms with E-state index in [-0.39, 0.29) is 5.95 Å². The SMILES string of the molecule is CCn1nnnc1N[N+](=O)[O-]. The molecule has 1 aromatic heterocycles. The molecule has 0 spiro atoms. The van der Waals surface area contributed by atoms with Crippen LogP contribution >= 0.6 is 0 Å². The largest absolute Gasteiger partial charge is 0.303 e. The lowest BCUT2D eigenvalue weighted by atomic mass is 10.7. The third-order valence-electron chi connectivity index (χ3n) is 1.02. The molecule has 0 amide bonds. The van der Waals surface area contributed by atoms with Gasteiger partial charge in [-0.2, -0.15) is 0 Å². The van der Waals surface area contributed by atoms with Gasteiger partial charge in [-0.25, -0.2) is 14.8 Å². The van der Waals surface area contributed by atoms with Gasteiger partial charge in [0, 0.05) is 6.54 Å². The van der Waals surface area contributed by atoms with E-state index in [0.717, 1.165) is 0 Å². The molecule has 11 heavy (non-hydrogen) atoms. The zero-order valence-corrected chi connectivity index (χ0v) is 5.76. The zero-order valence-electron chi connectivity index (χ0n) is 5.76. The van der Waals surface area contributed by atoms with Crippen LogP contribution in [0.4, 0.5) is 5.95 Å². The monoisotopic (exact) mass is 158 g/mol. The van der Waals surface area contributed by atoms with Crippen LogP contribution in [0.25, 0.3) is 0 Å². The summed E-state index contributed by atoms with van der Waals surface area (Å²) in [5, 5.41) is 19.3. The minimum atomic E-state index is -0.710. The fourth-order valence-electron chi connectivity index (χ4n) is 0.579. The molecular weight excluding hydrogens is 152 g/mol. The Morgan fingerprint density at radius 1 is 1.82 bits per heavy atom. The molecule has 0 aromatic carbocycles. The van der Waals surface area contributed by atoms with Crippen LogP contribution in [0.1, 0.15) is 6.92 Å². The lowest BCUT2D eigenvalue weighted by Gasteiger charge is -1.94. The second-order valence-corrected chi connectivity index (χ2v) is 1.69. The van der Waals surface area contributed by atoms with Gasteiger partial charge in [0.2, 0.25) is 0 Å². The van der Waals surface area contributed by atoms with Crippen molar-refractivity contribution >= 4 is 5.95 Å². The Balaban J connectivity index is 2.76. The van der Waals surface area contributed by atoms with Gasteiger partial charge in [0.15, 0.2) is 5.03 Å². The Bertz CT molecular complexity index is 256. The van der Waals surface area contributed by atoms with Crippen LogP contribution in [0, 0.1) is 10.1 Å². The van der Waals surface area contributed by atoms with Gasteiger partial charge in [-0.05, 0) is 17.4 Å². The van der Waals surface area contributed by atoms with Gasteiger partial charge < -0.3 is 0 Å². The molecule has 1 N–H and O–H groups in total. The highest BCUT2D eigenvalue weighted by molar-refractivity contribution is 5.15. The molecule has 0 radical (unpaired) electrons. The summed E-state index contributed by atoms with van der Waals surface area (Å²) in [6.07, 6.45) is 0. The van der Waals surface area contributed by atoms with Crippen molar-refractivity contribution in [2.45, 2.75) is 13.5 Å². The van der Waals surface area contributed by atoms with Crippen molar-refractivity contribution in [1.29, 1.82) is 0 Å². The van der Waals surface area contributed by atoms with Crippen LogP contribution in [-0.2, 0) is 6.54 Å². The first kappa shape index (κ1) is 7.38. The van der Waals surface area contributed by atoms with Gasteiger partial charge in [-0.1, -0.05) is 10.5 Å². The van der Waals surface area contributed by atoms with Crippen LogP contribution in [0.3, 0.4) is 0 Å². The van der Waals surface area contributed by atoms with E-state index >= 15 is 0 Å². The number of hydrazine groups is 1. The summed E-state index contributed by atoms with van der Waals surface area (Å²) in [4.78, 5) is 9.92. The van der Waals surface area contributed by atoms with Crippen LogP contribution < -0.4 is 5.43 Å². The molecule has 0 atom stereocenters. The molecule has 0 unspecified atom stereocenters. The second kappa shape index (κ2) is 2.90. The van der Waals surface area contributed by atoms with Crippen LogP contribution in [0.15, 0.2) is 0 Å². The number of rotatable bonds is 3. The Kier molecular flexibility index (Phi) is 1.95. The first-order valence-electron chi connectivity index (χ1n) is 2.91. The number of anilines is 1. The molecule has 1 aromatic rings. The second-order valence-electron chi connectivity index (χ2n) is 1.69. The number of hydrogen-bond acceptors (Lipinski definition) is 5. The lowest BCUT2D eigenvalue weighted by Crippen LogP contribution is -2.13. The molecule has 0 bridgehead atoms. The molecule has 1 rings (SSSR count). The van der Waals surface area contributed by atoms with E-state index in [1.165, 1.54) is 4.68 Å². The Labute approximate surface area is 61.3 Å². The lowest BCUT2D eigenvalue weighted by molar-refractivity contribution is -0.446. The maximum atomic E-state index is 9.92. The Hall–Kier alpha value is -1.73. The average Bonchev–Trinajstić information content (AvgIpc) is 2.34. The van der Waals surface area contributed by atoms with Crippen molar-refractivity contribution < 1.29 is 5.03 Å². The smallest absolute Gasteiger partial charge is 0.234 e. The highest BCUT2D eigenvalue weighted by Gasteiger charge is 2.07. The fraction of sp³-hybridized carbons (Fsp3) is 0.667. The number of nitro groups is 1. The number of nitrogens with one attached hydrogen (secondary N) is 1. The summed E-state index contributed by atoms with van der Waals surface area (Å²) in [6.45, 7) is 2.27. The van der Waals surface area contributed by atoms with Crippen molar-refractivity contribution in [3.05, 3.63) is 10.1 Å². The summed E-state index contributed by atoms with van der Waals surface area (Å²) >= 11 is 0. The number of aromatic nitrogens is 4. The van der Waals surface area contributed by atoms with Gasteiger partial charge >= 0.3 is 5.95 Å². The molecule has 0 aliphatic rings. The number of hydrogen-bond donors (Lipinski definition) is 1. The molecule has 0 aliphatic heterocycles. The molecule has 8 nitrogen and oxygen atoms in total. The van der Waals surface area contributed by atoms with Gasteiger partial charge in [0.25, 0.3) is 0 Å². The van der Waals surface area contributed by atoms with E-state index < -0.39 is 5.03 Å². The zero-order chi connectivity index (χ0) is 8.27. The number of tetrazole rings is 1. The van der Waals surface area contributed by atoms with Crippen LogP contribution in [-0.4, -0.2) is 25.2 Å². The summed E-state index contributed by atoms with van der Waals surface area (Å²) in [5.41, 5.74) is 1.85. The molecule has 60 valence electrons. The first-order chi connectivity index (χ1) is 5.24. The Morgan fingerprint density at radius 2 is 2.55 bits per heavy atom. The van der Waals surface area contributed by atoms with Crippen molar-refractivity contribution in [1.82, 2.24) is 20.2 Å². The van der Waals surface area contributed by atoms with E-state index in [9.17, 15) is 10.1 Å². The summed E-state index contributed by atoms with van der Waals surface area (Å²) < 4.78 is 1.28. The summed E-state index contributed by atoms with van der Waals surface area (Å²) in [6, 6.07) is 0. The molecule has 0 fully saturated rings. The first-order valence-corrected chi connectivity index (χ1v) is 2.91. The van der Waals surface area contributed by atoms with Gasteiger partial charge in [-0.3, -0.25) is 0 Å². The van der Waals surface area contributed by atoms with Crippen molar-refractivity contribution in [3.63, 3.8) is 0 Å². The van der Waals surface area contributed by atoms with E-state index in [2.05, 4.69) is 15.5 Å². The topological polar surface area (TPSA) is 98.8 Å². The van der Waals surface area contributed by atoms with Crippen molar-refractivity contribution in [2.24, 2.45) is 0 Å². The molecule has 0 saturated carbocycles. The number of nitrogens with zero attached hydrogens (tertiary/aromatic N) is 5. The predicted molar refractivity (Wildman–Crippen MR) is 34.1 cm³/mol. The van der Waals surface area contributed by atoms with Crippen molar-refractivity contribution in [2.75, 3.05) is 5.43 Å². The summed E-state index contributed by atoms with van der Waals surface area (Å²) in [7, 11) is 0. The predicted octanol–water partition coefficient (Wildman–Crippen LogP) is -0.703. The van der Waals surface area contributed by atoms with E-state index in [1.807, 2.05) is 5.43 Å². The molecule has 8 heteroatoms.